The predicted molar refractivity (Wildman–Crippen MR) is 127 cm³/mol. The molecule has 4 aliphatic rings. The average molecular weight is 452 g/mol. The van der Waals surface area contributed by atoms with Gasteiger partial charge in [0.05, 0.1) is 18.2 Å². The number of allylic oxidation sites excluding steroid dienone is 3. The molecule has 1 heterocycles. The molecule has 1 aromatic heterocycles. The van der Waals surface area contributed by atoms with Gasteiger partial charge in [-0.25, -0.2) is 0 Å². The number of furan rings is 1. The van der Waals surface area contributed by atoms with E-state index in [2.05, 4.69) is 58.0 Å². The van der Waals surface area contributed by atoms with E-state index in [9.17, 15) is 10.0 Å². The van der Waals surface area contributed by atoms with Crippen LogP contribution in [0.2, 0.25) is 0 Å². The molecule has 1 aromatic rings. The second-order valence-corrected chi connectivity index (χ2v) is 12.0. The van der Waals surface area contributed by atoms with E-state index in [0.717, 1.165) is 25.7 Å². The molecule has 0 aliphatic heterocycles. The Labute approximate surface area is 197 Å². The first kappa shape index (κ1) is 22.5. The number of nitrogens with zero attached hydrogens (tertiary/aromatic N) is 1. The Bertz CT molecular complexity index is 1050. The summed E-state index contributed by atoms with van der Waals surface area (Å²) in [5.74, 6) is 0.700. The highest BCUT2D eigenvalue weighted by Crippen LogP contribution is 2.72. The van der Waals surface area contributed by atoms with Crippen molar-refractivity contribution in [1.29, 1.82) is 0 Å². The molecule has 0 saturated heterocycles. The lowest BCUT2D eigenvalue weighted by atomic mass is 9.38. The zero-order valence-corrected chi connectivity index (χ0v) is 20.7. The fraction of sp³-hybridized carbons (Fsp3) is 0.643. The van der Waals surface area contributed by atoms with Crippen molar-refractivity contribution in [3.63, 3.8) is 0 Å². The smallest absolute Gasteiger partial charge is 0.302 e. The predicted octanol–water partition coefficient (Wildman–Crippen LogP) is 6.50. The Kier molecular flexibility index (Phi) is 4.84. The van der Waals surface area contributed by atoms with Gasteiger partial charge < -0.3 is 14.4 Å². The summed E-state index contributed by atoms with van der Waals surface area (Å²) in [4.78, 5) is 12.3. The van der Waals surface area contributed by atoms with Crippen molar-refractivity contribution in [3.05, 3.63) is 48.0 Å². The summed E-state index contributed by atoms with van der Waals surface area (Å²) in [5.41, 5.74) is 2.78. The maximum atomic E-state index is 12.3. The van der Waals surface area contributed by atoms with Gasteiger partial charge in [-0.2, -0.15) is 0 Å². The summed E-state index contributed by atoms with van der Waals surface area (Å²) in [7, 11) is 0. The third kappa shape index (κ3) is 2.83. The molecule has 2 saturated carbocycles. The highest BCUT2D eigenvalue weighted by molar-refractivity contribution is 6.00. The lowest BCUT2D eigenvalue weighted by molar-refractivity contribution is -0.182. The third-order valence-electron chi connectivity index (χ3n) is 10.3. The van der Waals surface area contributed by atoms with Crippen LogP contribution in [0.4, 0.5) is 0 Å². The van der Waals surface area contributed by atoms with Crippen LogP contribution in [0.1, 0.15) is 78.7 Å². The van der Waals surface area contributed by atoms with Gasteiger partial charge in [-0.3, -0.25) is 4.79 Å². The van der Waals surface area contributed by atoms with Crippen LogP contribution in [0.5, 0.6) is 0 Å². The van der Waals surface area contributed by atoms with E-state index >= 15 is 0 Å². The molecule has 0 bridgehead atoms. The minimum atomic E-state index is -0.317. The number of oxime groups is 1. The normalized spacial score (nSPS) is 44.5. The van der Waals surface area contributed by atoms with Gasteiger partial charge in [0.15, 0.2) is 0 Å². The van der Waals surface area contributed by atoms with Gasteiger partial charge >= 0.3 is 5.97 Å². The number of hydrogen-bond donors (Lipinski definition) is 1. The van der Waals surface area contributed by atoms with Gasteiger partial charge in [-0.1, -0.05) is 57.5 Å². The van der Waals surface area contributed by atoms with Crippen LogP contribution in [0.3, 0.4) is 0 Å². The Hall–Kier alpha value is -2.30. The molecule has 7 atom stereocenters. The molecule has 5 nitrogen and oxygen atoms in total. The van der Waals surface area contributed by atoms with Crippen LogP contribution in [-0.4, -0.2) is 23.0 Å². The van der Waals surface area contributed by atoms with Crippen molar-refractivity contribution >= 4 is 11.7 Å². The summed E-state index contributed by atoms with van der Waals surface area (Å²) in [6.45, 7) is 13.0. The van der Waals surface area contributed by atoms with Crippen molar-refractivity contribution in [3.8, 4) is 0 Å². The summed E-state index contributed by atoms with van der Waals surface area (Å²) >= 11 is 0. The Morgan fingerprint density at radius 3 is 2.61 bits per heavy atom. The molecule has 2 unspecified atom stereocenters. The first-order chi connectivity index (χ1) is 15.5. The molecule has 0 amide bonds. The van der Waals surface area contributed by atoms with Gasteiger partial charge in [0, 0.05) is 17.8 Å². The minimum absolute atomic E-state index is 0.0162. The van der Waals surface area contributed by atoms with Crippen LogP contribution >= 0.6 is 0 Å². The molecule has 33 heavy (non-hydrogen) atoms. The van der Waals surface area contributed by atoms with Crippen LogP contribution in [0.15, 0.2) is 52.0 Å². The second-order valence-electron chi connectivity index (χ2n) is 12.0. The van der Waals surface area contributed by atoms with Crippen molar-refractivity contribution < 1.29 is 19.2 Å². The van der Waals surface area contributed by atoms with Gasteiger partial charge in [0.25, 0.3) is 0 Å². The zero-order valence-electron chi connectivity index (χ0n) is 20.7. The van der Waals surface area contributed by atoms with Crippen molar-refractivity contribution in [2.24, 2.45) is 38.7 Å². The molecule has 178 valence electrons. The number of ether oxygens (including phenoxy) is 1. The fourth-order valence-corrected chi connectivity index (χ4v) is 8.77. The van der Waals surface area contributed by atoms with Gasteiger partial charge in [0.1, 0.15) is 6.10 Å². The summed E-state index contributed by atoms with van der Waals surface area (Å²) in [6.07, 6.45) is 14.1. The Morgan fingerprint density at radius 1 is 1.21 bits per heavy atom. The van der Waals surface area contributed by atoms with E-state index in [0.29, 0.717) is 17.5 Å². The molecule has 5 heteroatoms. The molecule has 0 spiro atoms. The molecule has 0 radical (unpaired) electrons. The highest BCUT2D eigenvalue weighted by Gasteiger charge is 2.68. The second kappa shape index (κ2) is 7.10. The first-order valence-electron chi connectivity index (χ1n) is 12.3. The lowest BCUT2D eigenvalue weighted by Gasteiger charge is -2.66. The largest absolute Gasteiger partial charge is 0.472 e. The van der Waals surface area contributed by atoms with Crippen molar-refractivity contribution in [2.45, 2.75) is 79.2 Å². The van der Waals surface area contributed by atoms with E-state index < -0.39 is 0 Å². The molecule has 1 N–H and O–H groups in total. The van der Waals surface area contributed by atoms with E-state index in [4.69, 9.17) is 9.15 Å². The number of esters is 1. The minimum Gasteiger partial charge on any atom is -0.472 e. The molecule has 2 fully saturated rings. The first-order valence-corrected chi connectivity index (χ1v) is 12.3. The number of hydrogen-bond acceptors (Lipinski definition) is 5. The third-order valence-corrected chi connectivity index (χ3v) is 10.3. The van der Waals surface area contributed by atoms with E-state index in [-0.39, 0.29) is 39.7 Å². The Balaban J connectivity index is 1.65. The zero-order chi connectivity index (χ0) is 23.8. The summed E-state index contributed by atoms with van der Waals surface area (Å²) in [5, 5.41) is 13.3. The van der Waals surface area contributed by atoms with Gasteiger partial charge in [-0.15, -0.1) is 0 Å². The lowest BCUT2D eigenvalue weighted by Crippen LogP contribution is -2.64. The summed E-state index contributed by atoms with van der Waals surface area (Å²) < 4.78 is 11.6. The van der Waals surface area contributed by atoms with Crippen LogP contribution in [0.25, 0.3) is 0 Å². The van der Waals surface area contributed by atoms with Crippen molar-refractivity contribution in [1.82, 2.24) is 0 Å². The highest BCUT2D eigenvalue weighted by atomic mass is 16.5. The van der Waals surface area contributed by atoms with E-state index in [1.54, 1.807) is 6.26 Å². The molecule has 5 rings (SSSR count). The average Bonchev–Trinajstić information content (AvgIpc) is 3.37. The molecule has 0 aromatic carbocycles. The summed E-state index contributed by atoms with van der Waals surface area (Å²) in [6, 6.07) is 2.10. The van der Waals surface area contributed by atoms with E-state index in [1.165, 1.54) is 18.1 Å². The van der Waals surface area contributed by atoms with Crippen LogP contribution < -0.4 is 0 Å². The quantitative estimate of drug-likeness (QED) is 0.241. The number of carbonyl (C=O) groups excluding carboxylic acids is 1. The monoisotopic (exact) mass is 451 g/mol. The molecule has 4 aliphatic carbocycles. The number of fused-ring (bicyclic) bond motifs is 5. The van der Waals surface area contributed by atoms with E-state index in [1.807, 2.05) is 12.3 Å². The van der Waals surface area contributed by atoms with Gasteiger partial charge in [0.2, 0.25) is 0 Å². The SMILES string of the molecule is CC(=O)O[C@@H]1CC2C(C)(C)/C(=N/O)C=C[C@]2(C)C2CC[C@]3(C)C(=CC[C@H]3c3ccoc3)[C@@]21C. The Morgan fingerprint density at radius 2 is 1.97 bits per heavy atom. The molecular formula is C28H37NO4. The van der Waals surface area contributed by atoms with Crippen LogP contribution in [-0.2, 0) is 9.53 Å². The number of carbonyl (C=O) groups is 1. The standard InChI is InChI=1S/C28H37NO4/c1-17(30)33-24-15-22-25(2,3)23(29-31)10-13-27(22,5)21-9-12-26(4)19(18-11-14-32-16-18)7-8-20(26)28(21,24)6/h8,10-11,13-14,16,19,21-22,24,31H,7,9,12,15H2,1-6H3/b29-23+/t19-,21?,22?,24+,26-,27+,28-/m0/s1. The van der Waals surface area contributed by atoms with Gasteiger partial charge in [-0.05, 0) is 72.0 Å². The maximum Gasteiger partial charge on any atom is 0.302 e. The van der Waals surface area contributed by atoms with Crippen molar-refractivity contribution in [2.75, 3.05) is 0 Å². The topological polar surface area (TPSA) is 72.0 Å². The maximum absolute atomic E-state index is 12.3. The number of rotatable bonds is 2. The fourth-order valence-electron chi connectivity index (χ4n) is 8.77. The molecular weight excluding hydrogens is 414 g/mol. The van der Waals surface area contributed by atoms with Crippen LogP contribution in [0, 0.1) is 33.5 Å².